The molecule has 1 atom stereocenters. The van der Waals surface area contributed by atoms with Crippen molar-refractivity contribution in [1.82, 2.24) is 15.0 Å². The van der Waals surface area contributed by atoms with Crippen LogP contribution in [0.25, 0.3) is 0 Å². The van der Waals surface area contributed by atoms with Gasteiger partial charge in [0.05, 0.1) is 6.20 Å². The molecule has 1 heterocycles. The van der Waals surface area contributed by atoms with E-state index in [2.05, 4.69) is 10.3 Å². The SMILES string of the molecule is Cn1cc(S(=O)O)nn1. The first-order valence-electron chi connectivity index (χ1n) is 2.17. The van der Waals surface area contributed by atoms with Crippen LogP contribution in [0.1, 0.15) is 0 Å². The molecule has 5 nitrogen and oxygen atoms in total. The molecule has 1 unspecified atom stereocenters. The van der Waals surface area contributed by atoms with Crippen molar-refractivity contribution in [2.45, 2.75) is 5.03 Å². The van der Waals surface area contributed by atoms with Gasteiger partial charge in [-0.1, -0.05) is 5.21 Å². The number of nitrogens with zero attached hydrogens (tertiary/aromatic N) is 3. The van der Waals surface area contributed by atoms with E-state index >= 15 is 0 Å². The normalized spacial score (nSPS) is 13.6. The third-order valence-electron chi connectivity index (χ3n) is 0.761. The summed E-state index contributed by atoms with van der Waals surface area (Å²) >= 11 is -2.00. The topological polar surface area (TPSA) is 68.0 Å². The van der Waals surface area contributed by atoms with Crippen LogP contribution < -0.4 is 0 Å². The van der Waals surface area contributed by atoms with Gasteiger partial charge in [-0.15, -0.1) is 5.10 Å². The fourth-order valence-electron chi connectivity index (χ4n) is 0.406. The van der Waals surface area contributed by atoms with E-state index < -0.39 is 11.1 Å². The highest BCUT2D eigenvalue weighted by Gasteiger charge is 2.01. The van der Waals surface area contributed by atoms with Gasteiger partial charge in [-0.3, -0.25) is 4.68 Å². The second kappa shape index (κ2) is 2.24. The van der Waals surface area contributed by atoms with E-state index in [1.807, 2.05) is 0 Å². The quantitative estimate of drug-likeness (QED) is 0.538. The van der Waals surface area contributed by atoms with Gasteiger partial charge < -0.3 is 4.55 Å². The number of rotatable bonds is 1. The van der Waals surface area contributed by atoms with E-state index in [-0.39, 0.29) is 5.03 Å². The van der Waals surface area contributed by atoms with Gasteiger partial charge in [0.25, 0.3) is 0 Å². The lowest BCUT2D eigenvalue weighted by molar-refractivity contribution is 0.560. The Bertz CT molecular complexity index is 233. The van der Waals surface area contributed by atoms with Crippen LogP contribution >= 0.6 is 0 Å². The van der Waals surface area contributed by atoms with Gasteiger partial charge in [-0.2, -0.15) is 0 Å². The lowest BCUT2D eigenvalue weighted by Gasteiger charge is -1.79. The maximum atomic E-state index is 10.2. The standard InChI is InChI=1S/C3H5N3O2S/c1-6-2-3(4-5-6)9(7)8/h2H,1H3,(H,7,8). The fraction of sp³-hybridized carbons (Fsp3) is 0.333. The monoisotopic (exact) mass is 147 g/mol. The minimum absolute atomic E-state index is 0.0810. The minimum atomic E-state index is -2.00. The Hall–Kier alpha value is -0.750. The second-order valence-corrected chi connectivity index (χ2v) is 2.40. The maximum Gasteiger partial charge on any atom is 0.209 e. The van der Waals surface area contributed by atoms with Crippen molar-refractivity contribution in [2.24, 2.45) is 7.05 Å². The first-order chi connectivity index (χ1) is 4.20. The van der Waals surface area contributed by atoms with Crippen LogP contribution in [0.2, 0.25) is 0 Å². The smallest absolute Gasteiger partial charge is 0.209 e. The highest BCUT2D eigenvalue weighted by Crippen LogP contribution is 1.94. The van der Waals surface area contributed by atoms with E-state index in [0.717, 1.165) is 0 Å². The maximum absolute atomic E-state index is 10.2. The molecule has 0 saturated heterocycles. The highest BCUT2D eigenvalue weighted by molar-refractivity contribution is 7.79. The zero-order valence-corrected chi connectivity index (χ0v) is 5.50. The number of hydrogen-bond donors (Lipinski definition) is 1. The van der Waals surface area contributed by atoms with Gasteiger partial charge in [0.15, 0.2) is 5.03 Å². The molecule has 0 amide bonds. The summed E-state index contributed by atoms with van der Waals surface area (Å²) in [5, 5.41) is 6.91. The van der Waals surface area contributed by atoms with Crippen molar-refractivity contribution in [3.63, 3.8) is 0 Å². The molecule has 0 aromatic carbocycles. The van der Waals surface area contributed by atoms with E-state index in [4.69, 9.17) is 4.55 Å². The van der Waals surface area contributed by atoms with Gasteiger partial charge in [0, 0.05) is 7.05 Å². The minimum Gasteiger partial charge on any atom is -0.301 e. The summed E-state index contributed by atoms with van der Waals surface area (Å²) in [6, 6.07) is 0. The molecule has 0 saturated carbocycles. The Kier molecular flexibility index (Phi) is 1.58. The molecule has 1 rings (SSSR count). The number of hydrogen-bond acceptors (Lipinski definition) is 3. The Morgan fingerprint density at radius 3 is 2.78 bits per heavy atom. The molecule has 1 N–H and O–H groups in total. The summed E-state index contributed by atoms with van der Waals surface area (Å²) in [6.45, 7) is 0. The molecule has 0 spiro atoms. The third-order valence-corrected chi connectivity index (χ3v) is 1.31. The molecular weight excluding hydrogens is 142 g/mol. The molecule has 1 aromatic heterocycles. The zero-order chi connectivity index (χ0) is 6.85. The van der Waals surface area contributed by atoms with Crippen LogP contribution in [0.15, 0.2) is 11.2 Å². The predicted molar refractivity (Wildman–Crippen MR) is 30.0 cm³/mol. The molecule has 0 fully saturated rings. The summed E-state index contributed by atoms with van der Waals surface area (Å²) in [4.78, 5) is 0. The van der Waals surface area contributed by atoms with Crippen LogP contribution in [0.3, 0.4) is 0 Å². The molecule has 0 bridgehead atoms. The van der Waals surface area contributed by atoms with Crippen LogP contribution in [0, 0.1) is 0 Å². The van der Waals surface area contributed by atoms with E-state index in [1.54, 1.807) is 7.05 Å². The Morgan fingerprint density at radius 2 is 2.56 bits per heavy atom. The molecule has 0 aliphatic carbocycles. The summed E-state index contributed by atoms with van der Waals surface area (Å²) in [5.74, 6) is 0. The molecule has 0 radical (unpaired) electrons. The number of aromatic nitrogens is 3. The second-order valence-electron chi connectivity index (χ2n) is 1.48. The van der Waals surface area contributed by atoms with Crippen LogP contribution in [-0.4, -0.2) is 23.8 Å². The summed E-state index contributed by atoms with van der Waals surface area (Å²) < 4.78 is 20.0. The van der Waals surface area contributed by atoms with Crippen LogP contribution in [0.5, 0.6) is 0 Å². The van der Waals surface area contributed by atoms with Crippen LogP contribution in [0.4, 0.5) is 0 Å². The third kappa shape index (κ3) is 1.33. The molecular formula is C3H5N3O2S. The van der Waals surface area contributed by atoms with Crippen molar-refractivity contribution in [3.8, 4) is 0 Å². The molecule has 9 heavy (non-hydrogen) atoms. The van der Waals surface area contributed by atoms with Gasteiger partial charge in [-0.05, 0) is 0 Å². The molecule has 50 valence electrons. The summed E-state index contributed by atoms with van der Waals surface area (Å²) in [5.41, 5.74) is 0. The summed E-state index contributed by atoms with van der Waals surface area (Å²) in [7, 11) is 1.63. The molecule has 1 aromatic rings. The number of aryl methyl sites for hydroxylation is 1. The molecule has 6 heteroatoms. The fourth-order valence-corrected chi connectivity index (χ4v) is 0.755. The lowest BCUT2D eigenvalue weighted by atomic mass is 10.9. The Balaban J connectivity index is 2.98. The Labute approximate surface area is 54.0 Å². The molecule has 0 aliphatic heterocycles. The Morgan fingerprint density at radius 1 is 1.89 bits per heavy atom. The summed E-state index contributed by atoms with van der Waals surface area (Å²) in [6.07, 6.45) is 1.39. The average molecular weight is 147 g/mol. The van der Waals surface area contributed by atoms with Gasteiger partial charge in [-0.25, -0.2) is 4.21 Å². The van der Waals surface area contributed by atoms with Gasteiger partial charge >= 0.3 is 0 Å². The van der Waals surface area contributed by atoms with E-state index in [0.29, 0.717) is 0 Å². The van der Waals surface area contributed by atoms with Crippen molar-refractivity contribution in [2.75, 3.05) is 0 Å². The van der Waals surface area contributed by atoms with Crippen molar-refractivity contribution < 1.29 is 8.76 Å². The van der Waals surface area contributed by atoms with Crippen molar-refractivity contribution in [1.29, 1.82) is 0 Å². The van der Waals surface area contributed by atoms with E-state index in [9.17, 15) is 4.21 Å². The van der Waals surface area contributed by atoms with Crippen LogP contribution in [-0.2, 0) is 18.1 Å². The van der Waals surface area contributed by atoms with Crippen molar-refractivity contribution >= 4 is 11.1 Å². The van der Waals surface area contributed by atoms with E-state index in [1.165, 1.54) is 10.9 Å². The van der Waals surface area contributed by atoms with Gasteiger partial charge in [0.1, 0.15) is 0 Å². The average Bonchev–Trinajstić information content (AvgIpc) is 2.14. The van der Waals surface area contributed by atoms with Gasteiger partial charge in [0.2, 0.25) is 11.1 Å². The molecule has 0 aliphatic rings. The highest BCUT2D eigenvalue weighted by atomic mass is 32.2. The lowest BCUT2D eigenvalue weighted by Crippen LogP contribution is -1.86. The largest absolute Gasteiger partial charge is 0.301 e. The van der Waals surface area contributed by atoms with Crippen molar-refractivity contribution in [3.05, 3.63) is 6.20 Å². The first-order valence-corrected chi connectivity index (χ1v) is 3.28. The zero-order valence-electron chi connectivity index (χ0n) is 4.68. The first kappa shape index (κ1) is 6.37. The predicted octanol–water partition coefficient (Wildman–Crippen LogP) is -0.604.